The number of nitrogens with one attached hydrogen (secondary N) is 1. The van der Waals surface area contributed by atoms with Gasteiger partial charge in [0, 0.05) is 5.56 Å². The van der Waals surface area contributed by atoms with Gasteiger partial charge in [0.25, 0.3) is 0 Å². The lowest BCUT2D eigenvalue weighted by Gasteiger charge is -2.23. The Hall–Kier alpha value is -3.28. The van der Waals surface area contributed by atoms with Crippen LogP contribution >= 0.6 is 0 Å². The van der Waals surface area contributed by atoms with Gasteiger partial charge in [-0.15, -0.1) is 0 Å². The number of anilines is 1. The third kappa shape index (κ3) is 4.22. The molecule has 1 heterocycles. The highest BCUT2D eigenvalue weighted by molar-refractivity contribution is 5.89. The monoisotopic (exact) mass is 354 g/mol. The Morgan fingerprint density at radius 1 is 1.15 bits per heavy atom. The van der Waals surface area contributed by atoms with Crippen molar-refractivity contribution in [1.29, 1.82) is 0 Å². The van der Waals surface area contributed by atoms with Gasteiger partial charge < -0.3 is 19.7 Å². The molecule has 0 bridgehead atoms. The molecule has 2 aromatic carbocycles. The first-order valence-electron chi connectivity index (χ1n) is 8.14. The molecular formula is C20H19FN2O3. The van der Waals surface area contributed by atoms with Crippen molar-refractivity contribution in [2.75, 3.05) is 5.32 Å². The fraction of sp³-hybridized carbons (Fsp3) is 0.150. The molecule has 134 valence electrons. The number of nitrogens with zero attached hydrogens (tertiary/aromatic N) is 1. The standard InChI is InChI=1S/C20H19FN2O3/c1-14-8-9-17(21)18(11-14)22-20(25)23(13-16-6-4-10-26-16)12-15-5-2-3-7-19(15)24/h2-11,24H,12-13H2,1H3,(H,22,25). The van der Waals surface area contributed by atoms with E-state index in [2.05, 4.69) is 5.32 Å². The van der Waals surface area contributed by atoms with E-state index in [9.17, 15) is 14.3 Å². The summed E-state index contributed by atoms with van der Waals surface area (Å²) in [6.45, 7) is 2.14. The third-order valence-electron chi connectivity index (χ3n) is 3.93. The lowest BCUT2D eigenvalue weighted by molar-refractivity contribution is 0.200. The fourth-order valence-corrected chi connectivity index (χ4v) is 2.57. The van der Waals surface area contributed by atoms with Gasteiger partial charge in [-0.2, -0.15) is 0 Å². The summed E-state index contributed by atoms with van der Waals surface area (Å²) in [5.74, 6) is 0.163. The number of para-hydroxylation sites is 1. The number of hydrogen-bond donors (Lipinski definition) is 2. The van der Waals surface area contributed by atoms with E-state index in [1.165, 1.54) is 17.2 Å². The molecule has 2 N–H and O–H groups in total. The van der Waals surface area contributed by atoms with Crippen LogP contribution in [0.1, 0.15) is 16.9 Å². The first-order chi connectivity index (χ1) is 12.5. The summed E-state index contributed by atoms with van der Waals surface area (Å²) in [4.78, 5) is 14.2. The number of phenolic OH excluding ortho intramolecular Hbond substituents is 1. The number of benzene rings is 2. The van der Waals surface area contributed by atoms with Crippen LogP contribution in [-0.2, 0) is 13.1 Å². The van der Waals surface area contributed by atoms with Gasteiger partial charge >= 0.3 is 6.03 Å². The number of rotatable bonds is 5. The summed E-state index contributed by atoms with van der Waals surface area (Å²) >= 11 is 0. The van der Waals surface area contributed by atoms with Crippen LogP contribution < -0.4 is 5.32 Å². The van der Waals surface area contributed by atoms with E-state index in [-0.39, 0.29) is 24.5 Å². The van der Waals surface area contributed by atoms with Crippen LogP contribution in [0.3, 0.4) is 0 Å². The average Bonchev–Trinajstić information content (AvgIpc) is 3.12. The molecule has 2 amide bonds. The first kappa shape index (κ1) is 17.5. The van der Waals surface area contributed by atoms with Gasteiger partial charge in [-0.1, -0.05) is 24.3 Å². The SMILES string of the molecule is Cc1ccc(F)c(NC(=O)N(Cc2ccco2)Cc2ccccc2O)c1. The topological polar surface area (TPSA) is 65.7 Å². The summed E-state index contributed by atoms with van der Waals surface area (Å²) in [5, 5.41) is 12.6. The Morgan fingerprint density at radius 3 is 2.69 bits per heavy atom. The first-order valence-corrected chi connectivity index (χ1v) is 8.14. The number of carbonyl (C=O) groups is 1. The second-order valence-corrected chi connectivity index (χ2v) is 5.98. The quantitative estimate of drug-likeness (QED) is 0.700. The molecule has 3 aromatic rings. The van der Waals surface area contributed by atoms with E-state index >= 15 is 0 Å². The Kier molecular flexibility index (Phi) is 5.22. The van der Waals surface area contributed by atoms with Crippen molar-refractivity contribution in [3.63, 3.8) is 0 Å². The van der Waals surface area contributed by atoms with Crippen LogP contribution in [0.5, 0.6) is 5.75 Å². The zero-order valence-corrected chi connectivity index (χ0v) is 14.3. The normalized spacial score (nSPS) is 10.5. The second-order valence-electron chi connectivity index (χ2n) is 5.98. The zero-order chi connectivity index (χ0) is 18.5. The largest absolute Gasteiger partial charge is 0.508 e. The van der Waals surface area contributed by atoms with Crippen molar-refractivity contribution in [2.24, 2.45) is 0 Å². The lowest BCUT2D eigenvalue weighted by Crippen LogP contribution is -2.34. The van der Waals surface area contributed by atoms with E-state index in [0.717, 1.165) is 5.56 Å². The number of aryl methyl sites for hydroxylation is 1. The van der Waals surface area contributed by atoms with Crippen LogP contribution in [-0.4, -0.2) is 16.0 Å². The van der Waals surface area contributed by atoms with Gasteiger partial charge in [-0.25, -0.2) is 9.18 Å². The number of urea groups is 1. The number of halogens is 1. The number of carbonyl (C=O) groups excluding carboxylic acids is 1. The molecule has 0 aliphatic carbocycles. The third-order valence-corrected chi connectivity index (χ3v) is 3.93. The fourth-order valence-electron chi connectivity index (χ4n) is 2.57. The molecule has 0 saturated carbocycles. The Labute approximate surface area is 150 Å². The number of phenols is 1. The van der Waals surface area contributed by atoms with Gasteiger partial charge in [0.15, 0.2) is 0 Å². The highest BCUT2D eigenvalue weighted by Crippen LogP contribution is 2.21. The zero-order valence-electron chi connectivity index (χ0n) is 14.3. The summed E-state index contributed by atoms with van der Waals surface area (Å²) in [5.41, 5.74) is 1.52. The predicted molar refractivity (Wildman–Crippen MR) is 96.2 cm³/mol. The van der Waals surface area contributed by atoms with Crippen molar-refractivity contribution < 1.29 is 18.7 Å². The lowest BCUT2D eigenvalue weighted by atomic mass is 10.2. The molecular weight excluding hydrogens is 335 g/mol. The van der Waals surface area contributed by atoms with Crippen LogP contribution in [0, 0.1) is 12.7 Å². The number of amides is 2. The molecule has 0 saturated heterocycles. The molecule has 0 spiro atoms. The van der Waals surface area contributed by atoms with Gasteiger partial charge in [0.05, 0.1) is 25.0 Å². The molecule has 0 atom stereocenters. The van der Waals surface area contributed by atoms with Crippen molar-refractivity contribution in [2.45, 2.75) is 20.0 Å². The number of hydrogen-bond acceptors (Lipinski definition) is 3. The van der Waals surface area contributed by atoms with Gasteiger partial charge in [-0.3, -0.25) is 0 Å². The Morgan fingerprint density at radius 2 is 1.96 bits per heavy atom. The minimum atomic E-state index is -0.510. The summed E-state index contributed by atoms with van der Waals surface area (Å²) in [6.07, 6.45) is 1.52. The maximum absolute atomic E-state index is 14.0. The highest BCUT2D eigenvalue weighted by Gasteiger charge is 2.19. The molecule has 1 aromatic heterocycles. The minimum absolute atomic E-state index is 0.0893. The average molecular weight is 354 g/mol. The molecule has 0 radical (unpaired) electrons. The number of furan rings is 1. The second kappa shape index (κ2) is 7.74. The molecule has 0 aliphatic rings. The molecule has 3 rings (SSSR count). The summed E-state index contributed by atoms with van der Waals surface area (Å²) < 4.78 is 19.3. The van der Waals surface area contributed by atoms with Crippen molar-refractivity contribution in [3.05, 3.63) is 83.6 Å². The number of aromatic hydroxyl groups is 1. The molecule has 0 aliphatic heterocycles. The maximum atomic E-state index is 14.0. The van der Waals surface area contributed by atoms with E-state index in [0.29, 0.717) is 11.3 Å². The Balaban J connectivity index is 1.83. The molecule has 6 heteroatoms. The van der Waals surface area contributed by atoms with Crippen LogP contribution in [0.4, 0.5) is 14.9 Å². The van der Waals surface area contributed by atoms with Crippen LogP contribution in [0.2, 0.25) is 0 Å². The van der Waals surface area contributed by atoms with Crippen LogP contribution in [0.25, 0.3) is 0 Å². The van der Waals surface area contributed by atoms with Crippen molar-refractivity contribution in [1.82, 2.24) is 4.90 Å². The summed E-state index contributed by atoms with van der Waals surface area (Å²) in [7, 11) is 0. The van der Waals surface area contributed by atoms with Crippen LogP contribution in [0.15, 0.2) is 65.3 Å². The van der Waals surface area contributed by atoms with E-state index < -0.39 is 11.8 Å². The van der Waals surface area contributed by atoms with Crippen molar-refractivity contribution >= 4 is 11.7 Å². The van der Waals surface area contributed by atoms with E-state index in [1.807, 2.05) is 6.92 Å². The maximum Gasteiger partial charge on any atom is 0.322 e. The van der Waals surface area contributed by atoms with E-state index in [4.69, 9.17) is 4.42 Å². The van der Waals surface area contributed by atoms with Gasteiger partial charge in [0.2, 0.25) is 0 Å². The molecule has 0 fully saturated rings. The van der Waals surface area contributed by atoms with Crippen molar-refractivity contribution in [3.8, 4) is 5.75 Å². The predicted octanol–water partition coefficient (Wildman–Crippen LogP) is 4.67. The Bertz CT molecular complexity index is 894. The highest BCUT2D eigenvalue weighted by atomic mass is 19.1. The van der Waals surface area contributed by atoms with Gasteiger partial charge in [-0.05, 0) is 42.8 Å². The van der Waals surface area contributed by atoms with Gasteiger partial charge in [0.1, 0.15) is 17.3 Å². The smallest absolute Gasteiger partial charge is 0.322 e. The molecule has 0 unspecified atom stereocenters. The van der Waals surface area contributed by atoms with E-state index in [1.54, 1.807) is 48.5 Å². The molecule has 26 heavy (non-hydrogen) atoms. The summed E-state index contributed by atoms with van der Waals surface area (Å²) in [6, 6.07) is 14.3. The molecule has 5 nitrogen and oxygen atoms in total. The minimum Gasteiger partial charge on any atom is -0.508 e.